The Bertz CT molecular complexity index is 1320. The van der Waals surface area contributed by atoms with Gasteiger partial charge in [0.2, 0.25) is 11.8 Å². The summed E-state index contributed by atoms with van der Waals surface area (Å²) < 4.78 is 28.5. The van der Waals surface area contributed by atoms with Crippen molar-refractivity contribution in [1.82, 2.24) is 15.1 Å². The number of nitrogens with zero attached hydrogens (tertiary/aromatic N) is 2. The summed E-state index contributed by atoms with van der Waals surface area (Å²) >= 11 is 0. The van der Waals surface area contributed by atoms with Crippen LogP contribution in [-0.2, 0) is 29.0 Å². The van der Waals surface area contributed by atoms with E-state index in [4.69, 9.17) is 5.73 Å². The lowest BCUT2D eigenvalue weighted by atomic mass is 9.63. The molecule has 0 fully saturated rings. The molecule has 9 heteroatoms. The fraction of sp³-hybridized carbons (Fsp3) is 0.471. The number of hydrogen-bond donors (Lipinski definition) is 3. The van der Waals surface area contributed by atoms with Crippen molar-refractivity contribution in [2.75, 3.05) is 40.3 Å². The number of nitrogens with two attached hydrogens (primary N) is 1. The molecule has 1 aliphatic rings. The van der Waals surface area contributed by atoms with Gasteiger partial charge in [-0.2, -0.15) is 0 Å². The summed E-state index contributed by atoms with van der Waals surface area (Å²) in [6.45, 7) is 7.98. The van der Waals surface area contributed by atoms with Crippen LogP contribution in [0.3, 0.4) is 0 Å². The second-order valence-corrected chi connectivity index (χ2v) is 11.8. The van der Waals surface area contributed by atoms with Crippen LogP contribution in [0.2, 0.25) is 0 Å². The van der Waals surface area contributed by atoms with Gasteiger partial charge in [0.15, 0.2) is 0 Å². The smallest absolute Gasteiger partial charge is 0.249 e. The molecule has 2 amide bonds. The molecule has 3 rings (SSSR count). The van der Waals surface area contributed by atoms with Crippen LogP contribution in [0.25, 0.3) is 0 Å². The molecule has 0 saturated heterocycles. The minimum Gasteiger partial charge on any atom is -0.391 e. The number of carbonyl (C=O) groups is 2. The summed E-state index contributed by atoms with van der Waals surface area (Å²) in [7, 11) is 3.86. The average molecular weight is 597 g/mol. The normalized spacial score (nSPS) is 18.2. The van der Waals surface area contributed by atoms with Crippen molar-refractivity contribution in [3.8, 4) is 0 Å². The van der Waals surface area contributed by atoms with Gasteiger partial charge >= 0.3 is 0 Å². The lowest BCUT2D eigenvalue weighted by Gasteiger charge is -2.42. The van der Waals surface area contributed by atoms with Gasteiger partial charge in [-0.05, 0) is 76.0 Å². The number of aryl methyl sites for hydroxylation is 1. The zero-order chi connectivity index (χ0) is 31.7. The maximum absolute atomic E-state index is 14.2. The molecule has 0 spiro atoms. The second kappa shape index (κ2) is 15.4. The molecule has 0 heterocycles. The maximum atomic E-state index is 14.2. The standard InChI is InChI=1S/C34H46F2N4O3/c1-6-24-9-8-10-25(14-24)21-38-22-31(41)30(17-26-15-28(35)18-29(36)16-26)34(33(37)43)19-23(3)13-27(20-34)32(42)40(7-2)12-11-39(4)5/h8-10,13-16,18-19,30-31,38,41H,6-7,11-12,17,20-22H2,1-5H3,(H2,37,43)/t30-,31+,34?/m1/s1. The van der Waals surface area contributed by atoms with Gasteiger partial charge in [0.25, 0.3) is 0 Å². The number of halogens is 2. The van der Waals surface area contributed by atoms with Crippen molar-refractivity contribution >= 4 is 11.8 Å². The molecule has 4 N–H and O–H groups in total. The van der Waals surface area contributed by atoms with Crippen LogP contribution in [0.1, 0.15) is 43.9 Å². The second-order valence-electron chi connectivity index (χ2n) is 11.8. The predicted octanol–water partition coefficient (Wildman–Crippen LogP) is 3.99. The van der Waals surface area contributed by atoms with E-state index in [9.17, 15) is 23.5 Å². The summed E-state index contributed by atoms with van der Waals surface area (Å²) in [5, 5.41) is 14.9. The molecule has 234 valence electrons. The molecular formula is C34H46F2N4O3. The Morgan fingerprint density at radius 2 is 1.72 bits per heavy atom. The Morgan fingerprint density at radius 3 is 2.33 bits per heavy atom. The zero-order valence-electron chi connectivity index (χ0n) is 26.0. The number of aliphatic hydroxyl groups excluding tert-OH is 1. The van der Waals surface area contributed by atoms with Crippen LogP contribution in [0, 0.1) is 23.0 Å². The number of hydrogen-bond acceptors (Lipinski definition) is 5. The molecule has 2 aromatic carbocycles. The van der Waals surface area contributed by atoms with Crippen LogP contribution < -0.4 is 11.1 Å². The number of carbonyl (C=O) groups excluding carboxylic acids is 2. The Morgan fingerprint density at radius 1 is 1.05 bits per heavy atom. The molecule has 0 saturated carbocycles. The lowest BCUT2D eigenvalue weighted by Crippen LogP contribution is -2.52. The van der Waals surface area contributed by atoms with E-state index in [0.29, 0.717) is 37.3 Å². The molecule has 0 radical (unpaired) electrons. The van der Waals surface area contributed by atoms with Gasteiger partial charge in [-0.3, -0.25) is 9.59 Å². The van der Waals surface area contributed by atoms with Crippen LogP contribution >= 0.6 is 0 Å². The van der Waals surface area contributed by atoms with Crippen molar-refractivity contribution in [1.29, 1.82) is 0 Å². The molecule has 43 heavy (non-hydrogen) atoms. The van der Waals surface area contributed by atoms with Crippen molar-refractivity contribution < 1.29 is 23.5 Å². The largest absolute Gasteiger partial charge is 0.391 e. The van der Waals surface area contributed by atoms with E-state index in [0.717, 1.165) is 18.1 Å². The number of allylic oxidation sites excluding steroid dienone is 2. The highest BCUT2D eigenvalue weighted by atomic mass is 19.1. The number of benzene rings is 2. The van der Waals surface area contributed by atoms with Crippen LogP contribution in [0.5, 0.6) is 0 Å². The highest BCUT2D eigenvalue weighted by Crippen LogP contribution is 2.44. The third-order valence-electron chi connectivity index (χ3n) is 8.18. The first-order valence-electron chi connectivity index (χ1n) is 14.9. The number of primary amides is 1. The van der Waals surface area contributed by atoms with Crippen molar-refractivity contribution in [2.45, 2.75) is 52.7 Å². The van der Waals surface area contributed by atoms with E-state index in [2.05, 4.69) is 18.3 Å². The molecule has 2 aromatic rings. The summed E-state index contributed by atoms with van der Waals surface area (Å²) in [6.07, 6.45) is 3.16. The minimum absolute atomic E-state index is 0.0326. The average Bonchev–Trinajstić information content (AvgIpc) is 2.95. The highest BCUT2D eigenvalue weighted by Gasteiger charge is 2.48. The fourth-order valence-electron chi connectivity index (χ4n) is 5.89. The number of aliphatic hydroxyl groups is 1. The number of likely N-dealkylation sites (N-methyl/N-ethyl adjacent to an activating group) is 2. The molecule has 7 nitrogen and oxygen atoms in total. The Labute approximate surface area is 254 Å². The van der Waals surface area contributed by atoms with Gasteiger partial charge in [-0.1, -0.05) is 48.9 Å². The highest BCUT2D eigenvalue weighted by molar-refractivity contribution is 5.96. The van der Waals surface area contributed by atoms with Crippen molar-refractivity contribution in [3.63, 3.8) is 0 Å². The molecule has 0 bridgehead atoms. The topological polar surface area (TPSA) is 98.9 Å². The van der Waals surface area contributed by atoms with Crippen molar-refractivity contribution in [3.05, 3.63) is 94.1 Å². The van der Waals surface area contributed by atoms with E-state index in [1.807, 2.05) is 44.1 Å². The van der Waals surface area contributed by atoms with E-state index in [1.165, 1.54) is 17.7 Å². The summed E-state index contributed by atoms with van der Waals surface area (Å²) in [4.78, 5) is 30.8. The van der Waals surface area contributed by atoms with Crippen LogP contribution in [0.15, 0.2) is 65.8 Å². The van der Waals surface area contributed by atoms with Crippen LogP contribution in [0.4, 0.5) is 8.78 Å². The number of nitrogens with one attached hydrogen (secondary N) is 1. The molecule has 0 aliphatic heterocycles. The summed E-state index contributed by atoms with van der Waals surface area (Å²) in [5.74, 6) is -3.31. The summed E-state index contributed by atoms with van der Waals surface area (Å²) in [5.41, 5.74) is 8.22. The lowest BCUT2D eigenvalue weighted by molar-refractivity contribution is -0.132. The van der Waals surface area contributed by atoms with E-state index >= 15 is 0 Å². The van der Waals surface area contributed by atoms with Gasteiger partial charge in [-0.25, -0.2) is 8.78 Å². The minimum atomic E-state index is -1.48. The first-order valence-corrected chi connectivity index (χ1v) is 14.9. The molecule has 1 aliphatic carbocycles. The first-order chi connectivity index (χ1) is 20.4. The van der Waals surface area contributed by atoms with Crippen molar-refractivity contribution in [2.24, 2.45) is 17.1 Å². The van der Waals surface area contributed by atoms with Crippen LogP contribution in [-0.4, -0.2) is 73.1 Å². The Kier molecular flexibility index (Phi) is 12.2. The van der Waals surface area contributed by atoms with Gasteiger partial charge in [0.1, 0.15) is 11.6 Å². The fourth-order valence-corrected chi connectivity index (χ4v) is 5.89. The molecule has 0 aromatic heterocycles. The summed E-state index contributed by atoms with van der Waals surface area (Å²) in [6, 6.07) is 11.3. The van der Waals surface area contributed by atoms with Gasteiger partial charge in [0.05, 0.1) is 11.5 Å². The van der Waals surface area contributed by atoms with Gasteiger partial charge in [-0.15, -0.1) is 0 Å². The third kappa shape index (κ3) is 9.05. The molecule has 3 atom stereocenters. The van der Waals surface area contributed by atoms with Gasteiger partial charge in [0, 0.05) is 50.3 Å². The molecule has 1 unspecified atom stereocenters. The third-order valence-corrected chi connectivity index (χ3v) is 8.18. The Hall–Kier alpha value is -3.40. The SMILES string of the molecule is CCc1cccc(CNC[C@H](O)[C@@H](Cc2cc(F)cc(F)c2)C2(C(N)=O)C=C(C)C=C(C(=O)N(CC)CCN(C)C)C2)c1. The first kappa shape index (κ1) is 34.1. The van der Waals surface area contributed by atoms with E-state index < -0.39 is 35.0 Å². The zero-order valence-corrected chi connectivity index (χ0v) is 26.0. The Balaban J connectivity index is 1.96. The number of rotatable bonds is 15. The monoisotopic (exact) mass is 596 g/mol. The van der Waals surface area contributed by atoms with Gasteiger partial charge < -0.3 is 26.0 Å². The predicted molar refractivity (Wildman–Crippen MR) is 166 cm³/mol. The van der Waals surface area contributed by atoms with E-state index in [1.54, 1.807) is 24.0 Å². The maximum Gasteiger partial charge on any atom is 0.249 e. The quantitative estimate of drug-likeness (QED) is 0.289. The number of amides is 2. The molecular weight excluding hydrogens is 550 g/mol. The van der Waals surface area contributed by atoms with E-state index in [-0.39, 0.29) is 30.9 Å².